The summed E-state index contributed by atoms with van der Waals surface area (Å²) in [6.45, 7) is 9.07. The highest BCUT2D eigenvalue weighted by molar-refractivity contribution is 4.82. The van der Waals surface area contributed by atoms with Crippen LogP contribution in [-0.2, 0) is 0 Å². The summed E-state index contributed by atoms with van der Waals surface area (Å²) < 4.78 is 0. The summed E-state index contributed by atoms with van der Waals surface area (Å²) in [4.78, 5) is 2.48. The highest BCUT2D eigenvalue weighted by atomic mass is 15.2. The lowest BCUT2D eigenvalue weighted by molar-refractivity contribution is 0.148. The van der Waals surface area contributed by atoms with E-state index in [0.717, 1.165) is 0 Å². The van der Waals surface area contributed by atoms with Crippen molar-refractivity contribution in [1.29, 1.82) is 0 Å². The summed E-state index contributed by atoms with van der Waals surface area (Å²) in [5, 5.41) is 3.45. The normalized spacial score (nSPS) is 16.3. The van der Waals surface area contributed by atoms with Crippen LogP contribution < -0.4 is 5.32 Å². The van der Waals surface area contributed by atoms with Crippen molar-refractivity contribution in [3.05, 3.63) is 0 Å². The van der Waals surface area contributed by atoms with Gasteiger partial charge in [-0.1, -0.05) is 20.3 Å². The van der Waals surface area contributed by atoms with E-state index in [2.05, 4.69) is 52.0 Å². The maximum Gasteiger partial charge on any atom is 0.0246 e. The third kappa shape index (κ3) is 3.97. The Bertz CT molecular complexity index is 134. The lowest BCUT2D eigenvalue weighted by atomic mass is 9.99. The quantitative estimate of drug-likeness (QED) is 0.679. The molecule has 0 aliphatic heterocycles. The number of likely N-dealkylation sites (N-methyl/N-ethyl adjacent to an activating group) is 2. The van der Waals surface area contributed by atoms with Gasteiger partial charge in [-0.05, 0) is 40.8 Å². The molecule has 0 aromatic carbocycles. The number of nitrogens with zero attached hydrogens (tertiary/aromatic N) is 1. The van der Waals surface area contributed by atoms with Gasteiger partial charge < -0.3 is 5.32 Å². The number of nitrogens with one attached hydrogen (secondary N) is 1. The zero-order valence-corrected chi connectivity index (χ0v) is 10.8. The van der Waals surface area contributed by atoms with Gasteiger partial charge in [0.05, 0.1) is 0 Å². The lowest BCUT2D eigenvalue weighted by Gasteiger charge is -2.36. The Kier molecular flexibility index (Phi) is 7.20. The Morgan fingerprint density at radius 3 is 2.07 bits per heavy atom. The largest absolute Gasteiger partial charge is 0.315 e. The second kappa shape index (κ2) is 7.24. The van der Waals surface area contributed by atoms with E-state index in [-0.39, 0.29) is 0 Å². The average molecular weight is 200 g/mol. The molecular formula is C12H28N2. The molecule has 14 heavy (non-hydrogen) atoms. The molecule has 0 aliphatic rings. The van der Waals surface area contributed by atoms with Gasteiger partial charge in [0.15, 0.2) is 0 Å². The molecule has 1 N–H and O–H groups in total. The van der Waals surface area contributed by atoms with Crippen molar-refractivity contribution < 1.29 is 0 Å². The van der Waals surface area contributed by atoms with Crippen LogP contribution in [0.2, 0.25) is 0 Å². The molecule has 0 amide bonds. The van der Waals surface area contributed by atoms with Crippen molar-refractivity contribution in [2.24, 2.45) is 0 Å². The number of hydrogen-bond acceptors (Lipinski definition) is 2. The molecule has 2 unspecified atom stereocenters. The van der Waals surface area contributed by atoms with E-state index in [1.807, 2.05) is 0 Å². The van der Waals surface area contributed by atoms with Crippen molar-refractivity contribution in [3.8, 4) is 0 Å². The van der Waals surface area contributed by atoms with Crippen LogP contribution in [0.5, 0.6) is 0 Å². The maximum absolute atomic E-state index is 3.45. The fourth-order valence-corrected chi connectivity index (χ4v) is 2.08. The molecule has 2 nitrogen and oxygen atoms in total. The van der Waals surface area contributed by atoms with Crippen molar-refractivity contribution >= 4 is 0 Å². The SMILES string of the molecule is CCCC(NC)C(CC)N(C)C(C)C. The van der Waals surface area contributed by atoms with E-state index < -0.39 is 0 Å². The van der Waals surface area contributed by atoms with Gasteiger partial charge in [-0.15, -0.1) is 0 Å². The van der Waals surface area contributed by atoms with E-state index in [1.165, 1.54) is 19.3 Å². The first-order chi connectivity index (χ1) is 6.58. The van der Waals surface area contributed by atoms with Gasteiger partial charge in [0.1, 0.15) is 0 Å². The zero-order chi connectivity index (χ0) is 11.1. The minimum Gasteiger partial charge on any atom is -0.315 e. The van der Waals surface area contributed by atoms with Crippen LogP contribution in [0.1, 0.15) is 47.0 Å². The van der Waals surface area contributed by atoms with E-state index in [0.29, 0.717) is 18.1 Å². The van der Waals surface area contributed by atoms with E-state index in [9.17, 15) is 0 Å². The molecule has 0 saturated carbocycles. The maximum atomic E-state index is 3.45. The van der Waals surface area contributed by atoms with Gasteiger partial charge in [0, 0.05) is 18.1 Å². The highest BCUT2D eigenvalue weighted by Crippen LogP contribution is 2.14. The molecule has 0 rings (SSSR count). The molecule has 0 aliphatic carbocycles. The highest BCUT2D eigenvalue weighted by Gasteiger charge is 2.22. The third-order valence-corrected chi connectivity index (χ3v) is 3.19. The van der Waals surface area contributed by atoms with Crippen LogP contribution >= 0.6 is 0 Å². The minimum absolute atomic E-state index is 0.632. The lowest BCUT2D eigenvalue weighted by Crippen LogP contribution is -2.49. The second-order valence-corrected chi connectivity index (χ2v) is 4.42. The Morgan fingerprint density at radius 1 is 1.21 bits per heavy atom. The van der Waals surface area contributed by atoms with Crippen LogP contribution in [0.3, 0.4) is 0 Å². The molecule has 0 radical (unpaired) electrons. The van der Waals surface area contributed by atoms with E-state index >= 15 is 0 Å². The average Bonchev–Trinajstić information content (AvgIpc) is 2.17. The Hall–Kier alpha value is -0.0800. The van der Waals surface area contributed by atoms with E-state index in [4.69, 9.17) is 0 Å². The first kappa shape index (κ1) is 13.9. The van der Waals surface area contributed by atoms with Crippen LogP contribution in [0.4, 0.5) is 0 Å². The fourth-order valence-electron chi connectivity index (χ4n) is 2.08. The summed E-state index contributed by atoms with van der Waals surface area (Å²) >= 11 is 0. The molecule has 0 aromatic rings. The standard InChI is InChI=1S/C12H28N2/c1-7-9-11(13-5)12(8-2)14(6)10(3)4/h10-13H,7-9H2,1-6H3. The van der Waals surface area contributed by atoms with Gasteiger partial charge in [-0.2, -0.15) is 0 Å². The molecule has 0 aromatic heterocycles. The first-order valence-electron chi connectivity index (χ1n) is 5.97. The molecule has 0 bridgehead atoms. The Morgan fingerprint density at radius 2 is 1.79 bits per heavy atom. The van der Waals surface area contributed by atoms with E-state index in [1.54, 1.807) is 0 Å². The summed E-state index contributed by atoms with van der Waals surface area (Å²) in [5.41, 5.74) is 0. The van der Waals surface area contributed by atoms with Crippen molar-refractivity contribution in [2.75, 3.05) is 14.1 Å². The molecule has 0 heterocycles. The Balaban J connectivity index is 4.33. The fraction of sp³-hybridized carbons (Fsp3) is 1.00. The molecule has 2 atom stereocenters. The van der Waals surface area contributed by atoms with Gasteiger partial charge in [0.2, 0.25) is 0 Å². The molecule has 86 valence electrons. The molecule has 0 spiro atoms. The summed E-state index contributed by atoms with van der Waals surface area (Å²) in [5.74, 6) is 0. The van der Waals surface area contributed by atoms with Crippen molar-refractivity contribution in [3.63, 3.8) is 0 Å². The van der Waals surface area contributed by atoms with Crippen LogP contribution in [0.15, 0.2) is 0 Å². The summed E-state index contributed by atoms with van der Waals surface area (Å²) in [6, 6.07) is 1.94. The first-order valence-corrected chi connectivity index (χ1v) is 5.97. The number of rotatable bonds is 7. The van der Waals surface area contributed by atoms with Crippen molar-refractivity contribution in [1.82, 2.24) is 10.2 Å². The van der Waals surface area contributed by atoms with Gasteiger partial charge in [-0.25, -0.2) is 0 Å². The zero-order valence-electron chi connectivity index (χ0n) is 10.8. The number of hydrogen-bond donors (Lipinski definition) is 1. The predicted octanol–water partition coefficient (Wildman–Crippen LogP) is 2.49. The summed E-state index contributed by atoms with van der Waals surface area (Å²) in [7, 11) is 4.32. The second-order valence-electron chi connectivity index (χ2n) is 4.42. The van der Waals surface area contributed by atoms with Crippen LogP contribution in [0.25, 0.3) is 0 Å². The van der Waals surface area contributed by atoms with Crippen LogP contribution in [-0.4, -0.2) is 37.1 Å². The third-order valence-electron chi connectivity index (χ3n) is 3.19. The smallest absolute Gasteiger partial charge is 0.0246 e. The molecule has 0 fully saturated rings. The topological polar surface area (TPSA) is 15.3 Å². The Labute approximate surface area is 90.1 Å². The van der Waals surface area contributed by atoms with Gasteiger partial charge in [-0.3, -0.25) is 4.90 Å². The van der Waals surface area contributed by atoms with Crippen molar-refractivity contribution in [2.45, 2.75) is 65.1 Å². The molecule has 0 saturated heterocycles. The van der Waals surface area contributed by atoms with Crippen LogP contribution in [0, 0.1) is 0 Å². The van der Waals surface area contributed by atoms with Gasteiger partial charge in [0.25, 0.3) is 0 Å². The molecule has 2 heteroatoms. The predicted molar refractivity (Wildman–Crippen MR) is 64.7 cm³/mol. The minimum atomic E-state index is 0.632. The van der Waals surface area contributed by atoms with Gasteiger partial charge >= 0.3 is 0 Å². The monoisotopic (exact) mass is 200 g/mol. The summed E-state index contributed by atoms with van der Waals surface area (Å²) in [6.07, 6.45) is 3.75. The molecular weight excluding hydrogens is 172 g/mol.